The van der Waals surface area contributed by atoms with Crippen LogP contribution in [0.3, 0.4) is 0 Å². The van der Waals surface area contributed by atoms with Gasteiger partial charge >= 0.3 is 7.82 Å². The summed E-state index contributed by atoms with van der Waals surface area (Å²) in [6.07, 6.45) is 0. The Morgan fingerprint density at radius 3 is 2.73 bits per heavy atom. The largest absolute Gasteiger partial charge is 0.527 e. The fourth-order valence-electron chi connectivity index (χ4n) is 0.824. The SMILES string of the molecule is COP(=O)(O)Oc1cccc([N+](=O)[O-])c1. The Kier molecular flexibility index (Phi) is 3.41. The minimum Gasteiger partial charge on any atom is -0.404 e. The highest BCUT2D eigenvalue weighted by Gasteiger charge is 2.21. The lowest BCUT2D eigenvalue weighted by Crippen LogP contribution is -1.94. The molecule has 0 saturated heterocycles. The summed E-state index contributed by atoms with van der Waals surface area (Å²) in [5.41, 5.74) is -0.233. The van der Waals surface area contributed by atoms with Gasteiger partial charge in [-0.2, -0.15) is 0 Å². The number of hydrogen-bond donors (Lipinski definition) is 1. The van der Waals surface area contributed by atoms with Crippen molar-refractivity contribution in [3.05, 3.63) is 34.4 Å². The molecule has 1 aromatic carbocycles. The van der Waals surface area contributed by atoms with Crippen molar-refractivity contribution >= 4 is 13.5 Å². The van der Waals surface area contributed by atoms with Crippen molar-refractivity contribution in [2.24, 2.45) is 0 Å². The maximum Gasteiger partial charge on any atom is 0.527 e. The van der Waals surface area contributed by atoms with Gasteiger partial charge in [-0.15, -0.1) is 0 Å². The van der Waals surface area contributed by atoms with Gasteiger partial charge in [0.15, 0.2) is 0 Å². The lowest BCUT2D eigenvalue weighted by atomic mass is 10.3. The Morgan fingerprint density at radius 1 is 1.53 bits per heavy atom. The predicted molar refractivity (Wildman–Crippen MR) is 50.6 cm³/mol. The number of rotatable bonds is 4. The van der Waals surface area contributed by atoms with Gasteiger partial charge in [-0.3, -0.25) is 19.5 Å². The highest BCUT2D eigenvalue weighted by Crippen LogP contribution is 2.43. The number of nitro groups is 1. The number of non-ortho nitro benzene ring substituents is 1. The van der Waals surface area contributed by atoms with E-state index < -0.39 is 12.7 Å². The number of phosphoric ester groups is 1. The van der Waals surface area contributed by atoms with Gasteiger partial charge in [0.05, 0.1) is 11.0 Å². The molecule has 0 aromatic heterocycles. The fourth-order valence-corrected chi connectivity index (χ4v) is 1.28. The first-order chi connectivity index (χ1) is 6.94. The van der Waals surface area contributed by atoms with E-state index in [1.807, 2.05) is 0 Å². The van der Waals surface area contributed by atoms with Crippen molar-refractivity contribution in [3.8, 4) is 5.75 Å². The molecule has 0 heterocycles. The number of phosphoric acid groups is 1. The van der Waals surface area contributed by atoms with E-state index in [1.54, 1.807) is 0 Å². The molecule has 1 N–H and O–H groups in total. The van der Waals surface area contributed by atoms with Crippen LogP contribution in [0.15, 0.2) is 24.3 Å². The predicted octanol–water partition coefficient (Wildman–Crippen LogP) is 1.72. The van der Waals surface area contributed by atoms with Crippen molar-refractivity contribution in [1.82, 2.24) is 0 Å². The molecule has 0 spiro atoms. The zero-order valence-corrected chi connectivity index (χ0v) is 8.59. The summed E-state index contributed by atoms with van der Waals surface area (Å²) in [7, 11) is -3.17. The second-order valence-electron chi connectivity index (χ2n) is 2.50. The van der Waals surface area contributed by atoms with Crippen LogP contribution in [-0.4, -0.2) is 16.9 Å². The molecule has 15 heavy (non-hydrogen) atoms. The zero-order chi connectivity index (χ0) is 11.5. The molecular weight excluding hydrogens is 225 g/mol. The van der Waals surface area contributed by atoms with Crippen LogP contribution in [0.25, 0.3) is 0 Å². The minimum atomic E-state index is -4.17. The van der Waals surface area contributed by atoms with E-state index in [0.717, 1.165) is 13.2 Å². The van der Waals surface area contributed by atoms with Crippen LogP contribution in [-0.2, 0) is 9.09 Å². The summed E-state index contributed by atoms with van der Waals surface area (Å²) in [5.74, 6) is -0.100. The van der Waals surface area contributed by atoms with E-state index in [2.05, 4.69) is 9.05 Å². The van der Waals surface area contributed by atoms with Gasteiger partial charge in [-0.1, -0.05) is 6.07 Å². The quantitative estimate of drug-likeness (QED) is 0.482. The topological polar surface area (TPSA) is 98.9 Å². The third-order valence-electron chi connectivity index (χ3n) is 1.48. The Balaban J connectivity index is 2.92. The van der Waals surface area contributed by atoms with Gasteiger partial charge in [0.25, 0.3) is 5.69 Å². The molecule has 8 heteroatoms. The summed E-state index contributed by atoms with van der Waals surface area (Å²) in [6, 6.07) is 4.92. The van der Waals surface area contributed by atoms with Crippen LogP contribution >= 0.6 is 7.82 Å². The summed E-state index contributed by atoms with van der Waals surface area (Å²) in [6.45, 7) is 0. The van der Waals surface area contributed by atoms with Crippen molar-refractivity contribution < 1.29 is 23.4 Å². The average molecular weight is 233 g/mol. The second-order valence-corrected chi connectivity index (χ2v) is 3.98. The number of nitrogens with zero attached hydrogens (tertiary/aromatic N) is 1. The monoisotopic (exact) mass is 233 g/mol. The molecule has 0 aliphatic rings. The van der Waals surface area contributed by atoms with E-state index in [0.29, 0.717) is 0 Å². The van der Waals surface area contributed by atoms with Crippen LogP contribution in [0.4, 0.5) is 5.69 Å². The summed E-state index contributed by atoms with van der Waals surface area (Å²) < 4.78 is 19.7. The van der Waals surface area contributed by atoms with Crippen LogP contribution in [0.2, 0.25) is 0 Å². The van der Waals surface area contributed by atoms with Crippen molar-refractivity contribution in [1.29, 1.82) is 0 Å². The number of hydrogen-bond acceptors (Lipinski definition) is 5. The minimum absolute atomic E-state index is 0.100. The first kappa shape index (κ1) is 11.6. The molecule has 0 aliphatic carbocycles. The van der Waals surface area contributed by atoms with Crippen LogP contribution < -0.4 is 4.52 Å². The van der Waals surface area contributed by atoms with Crippen molar-refractivity contribution in [3.63, 3.8) is 0 Å². The third-order valence-corrected chi connectivity index (χ3v) is 2.38. The molecule has 0 fully saturated rings. The highest BCUT2D eigenvalue weighted by atomic mass is 31.2. The van der Waals surface area contributed by atoms with E-state index in [9.17, 15) is 14.7 Å². The first-order valence-corrected chi connectivity index (χ1v) is 5.27. The molecule has 1 rings (SSSR count). The molecule has 1 unspecified atom stereocenters. The van der Waals surface area contributed by atoms with Gasteiger partial charge in [-0.25, -0.2) is 4.57 Å². The Morgan fingerprint density at radius 2 is 2.20 bits per heavy atom. The van der Waals surface area contributed by atoms with E-state index >= 15 is 0 Å². The zero-order valence-electron chi connectivity index (χ0n) is 7.69. The molecule has 1 aromatic rings. The smallest absolute Gasteiger partial charge is 0.404 e. The standard InChI is InChI=1S/C7H8NO6P/c1-13-15(11,12)14-7-4-2-3-6(5-7)8(9)10/h2-5H,1H3,(H,11,12). The molecule has 7 nitrogen and oxygen atoms in total. The molecule has 0 bridgehead atoms. The maximum absolute atomic E-state index is 11.0. The van der Waals surface area contributed by atoms with Gasteiger partial charge < -0.3 is 4.52 Å². The summed E-state index contributed by atoms with van der Waals surface area (Å²) >= 11 is 0. The van der Waals surface area contributed by atoms with Gasteiger partial charge in [0.1, 0.15) is 5.75 Å². The van der Waals surface area contributed by atoms with E-state index in [1.165, 1.54) is 18.2 Å². The van der Waals surface area contributed by atoms with Gasteiger partial charge in [-0.05, 0) is 6.07 Å². The normalized spacial score (nSPS) is 14.3. The van der Waals surface area contributed by atoms with Crippen LogP contribution in [0.5, 0.6) is 5.75 Å². The molecule has 0 radical (unpaired) electrons. The summed E-state index contributed by atoms with van der Waals surface area (Å²) in [5, 5.41) is 10.4. The Labute approximate surface area is 85.0 Å². The van der Waals surface area contributed by atoms with Gasteiger partial charge in [0.2, 0.25) is 0 Å². The average Bonchev–Trinajstić information content (AvgIpc) is 2.17. The van der Waals surface area contributed by atoms with Crippen molar-refractivity contribution in [2.75, 3.05) is 7.11 Å². The fraction of sp³-hybridized carbons (Fsp3) is 0.143. The molecule has 0 amide bonds. The summed E-state index contributed by atoms with van der Waals surface area (Å²) in [4.78, 5) is 18.7. The number of benzene rings is 1. The lowest BCUT2D eigenvalue weighted by molar-refractivity contribution is -0.384. The Bertz CT molecular complexity index is 420. The molecule has 0 saturated carbocycles. The molecule has 0 aliphatic heterocycles. The van der Waals surface area contributed by atoms with Gasteiger partial charge in [0, 0.05) is 13.2 Å². The second kappa shape index (κ2) is 4.39. The first-order valence-electron chi connectivity index (χ1n) is 3.77. The molecule has 1 atom stereocenters. The maximum atomic E-state index is 11.0. The van der Waals surface area contributed by atoms with Crippen LogP contribution in [0.1, 0.15) is 0 Å². The third kappa shape index (κ3) is 3.32. The van der Waals surface area contributed by atoms with Crippen molar-refractivity contribution in [2.45, 2.75) is 0 Å². The molecular formula is C7H8NO6P. The van der Waals surface area contributed by atoms with E-state index in [4.69, 9.17) is 4.89 Å². The number of nitro benzene ring substituents is 1. The van der Waals surface area contributed by atoms with E-state index in [-0.39, 0.29) is 11.4 Å². The Hall–Kier alpha value is -1.43. The molecule has 82 valence electrons. The van der Waals surface area contributed by atoms with Crippen LogP contribution in [0, 0.1) is 10.1 Å². The lowest BCUT2D eigenvalue weighted by Gasteiger charge is -2.09. The highest BCUT2D eigenvalue weighted by molar-refractivity contribution is 7.47.